The summed E-state index contributed by atoms with van der Waals surface area (Å²) in [7, 11) is -1.52. The molecule has 0 aliphatic carbocycles. The Bertz CT molecular complexity index is 719. The van der Waals surface area contributed by atoms with E-state index in [-0.39, 0.29) is 0 Å². The number of rotatable bonds is 7. The Morgan fingerprint density at radius 1 is 1.30 bits per heavy atom. The minimum absolute atomic E-state index is 0.319. The van der Waals surface area contributed by atoms with Crippen LogP contribution >= 0.6 is 0 Å². The van der Waals surface area contributed by atoms with Crippen molar-refractivity contribution in [1.29, 1.82) is 0 Å². The second-order valence-corrected chi connectivity index (χ2v) is 9.64. The summed E-state index contributed by atoms with van der Waals surface area (Å²) >= 11 is 0. The molecule has 0 aromatic heterocycles. The van der Waals surface area contributed by atoms with Crippen molar-refractivity contribution in [3.63, 3.8) is 0 Å². The Balaban J connectivity index is 1.84. The molecule has 1 atom stereocenters. The third-order valence-corrected chi connectivity index (χ3v) is 5.40. The molecular weight excluding hydrogens is 362 g/mol. The molecule has 1 saturated heterocycles. The monoisotopic (exact) mass is 395 g/mol. The summed E-state index contributed by atoms with van der Waals surface area (Å²) in [5.74, 6) is 0.699. The number of piperidine rings is 1. The van der Waals surface area contributed by atoms with E-state index in [0.717, 1.165) is 32.5 Å². The molecule has 1 aromatic carbocycles. The van der Waals surface area contributed by atoms with Gasteiger partial charge in [-0.3, -0.25) is 9.89 Å². The van der Waals surface area contributed by atoms with E-state index in [9.17, 15) is 8.42 Å². The Hall–Kier alpha value is -1.64. The molecule has 2 rings (SSSR count). The van der Waals surface area contributed by atoms with Crippen LogP contribution in [0.25, 0.3) is 0 Å². The minimum Gasteiger partial charge on any atom is -0.355 e. The van der Waals surface area contributed by atoms with Gasteiger partial charge in [0.1, 0.15) is 0 Å². The zero-order valence-corrected chi connectivity index (χ0v) is 17.6. The highest BCUT2D eigenvalue weighted by atomic mass is 32.2. The van der Waals surface area contributed by atoms with Crippen molar-refractivity contribution < 1.29 is 8.42 Å². The molecule has 0 bridgehead atoms. The Morgan fingerprint density at radius 3 is 2.63 bits per heavy atom. The first-order valence-electron chi connectivity index (χ1n) is 9.39. The lowest BCUT2D eigenvalue weighted by Gasteiger charge is -2.34. The van der Waals surface area contributed by atoms with E-state index < -0.39 is 15.6 Å². The van der Waals surface area contributed by atoms with Gasteiger partial charge in [-0.05, 0) is 38.8 Å². The average molecular weight is 396 g/mol. The van der Waals surface area contributed by atoms with Gasteiger partial charge in [-0.25, -0.2) is 13.1 Å². The second-order valence-electron chi connectivity index (χ2n) is 7.89. The largest absolute Gasteiger partial charge is 0.355 e. The third-order valence-electron chi connectivity index (χ3n) is 4.48. The van der Waals surface area contributed by atoms with E-state index in [2.05, 4.69) is 49.5 Å². The van der Waals surface area contributed by atoms with Crippen LogP contribution in [0.4, 0.5) is 0 Å². The first-order chi connectivity index (χ1) is 12.7. The highest BCUT2D eigenvalue weighted by molar-refractivity contribution is 7.88. The van der Waals surface area contributed by atoms with Crippen LogP contribution in [-0.2, 0) is 16.6 Å². The van der Waals surface area contributed by atoms with E-state index in [0.29, 0.717) is 18.5 Å². The molecule has 0 spiro atoms. The maximum Gasteiger partial charge on any atom is 0.209 e. The number of likely N-dealkylation sites (tertiary alicyclic amines) is 1. The van der Waals surface area contributed by atoms with Crippen LogP contribution in [0.2, 0.25) is 0 Å². The predicted molar refractivity (Wildman–Crippen MR) is 111 cm³/mol. The van der Waals surface area contributed by atoms with Gasteiger partial charge in [-0.1, -0.05) is 30.3 Å². The SMILES string of the molecule is CN=C(NCC(C)(C)NS(C)(=O)=O)NC1CCCN(Cc2ccccc2)C1. The fraction of sp³-hybridized carbons (Fsp3) is 0.632. The van der Waals surface area contributed by atoms with Crippen LogP contribution < -0.4 is 15.4 Å². The van der Waals surface area contributed by atoms with Gasteiger partial charge in [0, 0.05) is 38.3 Å². The molecule has 3 N–H and O–H groups in total. The van der Waals surface area contributed by atoms with Crippen LogP contribution in [0.5, 0.6) is 0 Å². The summed E-state index contributed by atoms with van der Waals surface area (Å²) in [6.45, 7) is 7.15. The van der Waals surface area contributed by atoms with Crippen LogP contribution in [0.15, 0.2) is 35.3 Å². The molecule has 0 radical (unpaired) electrons. The van der Waals surface area contributed by atoms with Gasteiger partial charge in [-0.15, -0.1) is 0 Å². The lowest BCUT2D eigenvalue weighted by atomic mass is 10.0. The van der Waals surface area contributed by atoms with Crippen LogP contribution in [0, 0.1) is 0 Å². The predicted octanol–water partition coefficient (Wildman–Crippen LogP) is 1.14. The minimum atomic E-state index is -3.26. The van der Waals surface area contributed by atoms with Crippen LogP contribution in [0.3, 0.4) is 0 Å². The lowest BCUT2D eigenvalue weighted by Crippen LogP contribution is -2.56. The van der Waals surface area contributed by atoms with Gasteiger partial charge in [0.2, 0.25) is 10.0 Å². The molecule has 1 heterocycles. The third kappa shape index (κ3) is 8.28. The topological polar surface area (TPSA) is 85.8 Å². The molecule has 1 fully saturated rings. The highest BCUT2D eigenvalue weighted by Crippen LogP contribution is 2.13. The summed E-state index contributed by atoms with van der Waals surface area (Å²) < 4.78 is 25.6. The maximum absolute atomic E-state index is 11.5. The number of hydrogen-bond donors (Lipinski definition) is 3. The zero-order chi connectivity index (χ0) is 19.9. The average Bonchev–Trinajstić information content (AvgIpc) is 2.58. The number of sulfonamides is 1. The van der Waals surface area contributed by atoms with E-state index in [1.165, 1.54) is 11.8 Å². The number of benzene rings is 1. The first kappa shape index (κ1) is 21.7. The van der Waals surface area contributed by atoms with Gasteiger partial charge < -0.3 is 10.6 Å². The fourth-order valence-corrected chi connectivity index (χ4v) is 4.47. The van der Waals surface area contributed by atoms with Gasteiger partial charge >= 0.3 is 0 Å². The molecular formula is C19H33N5O2S. The van der Waals surface area contributed by atoms with Crippen molar-refractivity contribution in [2.45, 2.75) is 44.8 Å². The van der Waals surface area contributed by atoms with E-state index in [4.69, 9.17) is 0 Å². The van der Waals surface area contributed by atoms with Crippen molar-refractivity contribution in [3.05, 3.63) is 35.9 Å². The molecule has 8 heteroatoms. The first-order valence-corrected chi connectivity index (χ1v) is 11.3. The van der Waals surface area contributed by atoms with Crippen molar-refractivity contribution in [1.82, 2.24) is 20.3 Å². The standard InChI is InChI=1S/C19H33N5O2S/c1-19(2,23-27(4,25)26)15-21-18(20-3)22-17-11-8-12-24(14-17)13-16-9-6-5-7-10-16/h5-7,9-10,17,23H,8,11-15H2,1-4H3,(H2,20,21,22). The number of aliphatic imine (C=N–C) groups is 1. The molecule has 1 aliphatic rings. The summed E-state index contributed by atoms with van der Waals surface area (Å²) in [6, 6.07) is 10.8. The fourth-order valence-electron chi connectivity index (χ4n) is 3.39. The molecule has 1 unspecified atom stereocenters. The van der Waals surface area contributed by atoms with Crippen molar-refractivity contribution in [3.8, 4) is 0 Å². The van der Waals surface area contributed by atoms with E-state index in [1.54, 1.807) is 7.05 Å². The number of hydrogen-bond acceptors (Lipinski definition) is 4. The smallest absolute Gasteiger partial charge is 0.209 e. The zero-order valence-electron chi connectivity index (χ0n) is 16.8. The summed E-state index contributed by atoms with van der Waals surface area (Å²) in [6.07, 6.45) is 3.41. The van der Waals surface area contributed by atoms with Crippen molar-refractivity contribution in [2.24, 2.45) is 4.99 Å². The van der Waals surface area contributed by atoms with Crippen molar-refractivity contribution >= 4 is 16.0 Å². The number of guanidine groups is 1. The number of nitrogens with zero attached hydrogens (tertiary/aromatic N) is 2. The molecule has 0 amide bonds. The van der Waals surface area contributed by atoms with E-state index >= 15 is 0 Å². The van der Waals surface area contributed by atoms with Gasteiger partial charge in [-0.2, -0.15) is 0 Å². The van der Waals surface area contributed by atoms with Crippen LogP contribution in [-0.4, -0.2) is 63.8 Å². The normalized spacial score (nSPS) is 19.7. The quantitative estimate of drug-likeness (QED) is 0.476. The van der Waals surface area contributed by atoms with Gasteiger partial charge in [0.15, 0.2) is 5.96 Å². The Morgan fingerprint density at radius 2 is 2.00 bits per heavy atom. The summed E-state index contributed by atoms with van der Waals surface area (Å²) in [4.78, 5) is 6.75. The van der Waals surface area contributed by atoms with Crippen LogP contribution in [0.1, 0.15) is 32.3 Å². The summed E-state index contributed by atoms with van der Waals surface area (Å²) in [5, 5.41) is 6.71. The Labute approximate surface area is 163 Å². The molecule has 7 nitrogen and oxygen atoms in total. The van der Waals surface area contributed by atoms with Gasteiger partial charge in [0.05, 0.1) is 6.26 Å². The Kier molecular flexibility index (Phi) is 7.64. The molecule has 152 valence electrons. The molecule has 27 heavy (non-hydrogen) atoms. The highest BCUT2D eigenvalue weighted by Gasteiger charge is 2.24. The second kappa shape index (κ2) is 9.52. The maximum atomic E-state index is 11.5. The van der Waals surface area contributed by atoms with Crippen molar-refractivity contribution in [2.75, 3.05) is 32.9 Å². The molecule has 0 saturated carbocycles. The van der Waals surface area contributed by atoms with E-state index in [1.807, 2.05) is 19.9 Å². The summed E-state index contributed by atoms with van der Waals surface area (Å²) in [5.41, 5.74) is 0.728. The molecule has 1 aromatic rings. The lowest BCUT2D eigenvalue weighted by molar-refractivity contribution is 0.192. The van der Waals surface area contributed by atoms with Gasteiger partial charge in [0.25, 0.3) is 0 Å². The molecule has 1 aliphatic heterocycles. The number of nitrogens with one attached hydrogen (secondary N) is 3.